The van der Waals surface area contributed by atoms with Gasteiger partial charge in [-0.25, -0.2) is 4.39 Å². The number of rotatable bonds is 3. The summed E-state index contributed by atoms with van der Waals surface area (Å²) in [5.41, 5.74) is 6.94. The lowest BCUT2D eigenvalue weighted by Crippen LogP contribution is -2.21. The van der Waals surface area contributed by atoms with Crippen LogP contribution in [0.15, 0.2) is 16.6 Å². The van der Waals surface area contributed by atoms with Gasteiger partial charge in [0.05, 0.1) is 22.0 Å². The maximum absolute atomic E-state index is 13.2. The van der Waals surface area contributed by atoms with Gasteiger partial charge in [0.2, 0.25) is 0 Å². The molecule has 0 saturated carbocycles. The molecule has 2 unspecified atom stereocenters. The van der Waals surface area contributed by atoms with Crippen molar-refractivity contribution in [3.63, 3.8) is 0 Å². The topological polar surface area (TPSA) is 47.3 Å². The number of nitrogens with one attached hydrogen (secondary N) is 1. The average Bonchev–Trinajstić information content (AvgIpc) is 2.68. The van der Waals surface area contributed by atoms with E-state index in [-0.39, 0.29) is 11.9 Å². The van der Waals surface area contributed by atoms with E-state index in [1.54, 1.807) is 6.07 Å². The SMILES string of the molecule is CC1OCCC1CNc1cc(Br)c(F)cc1N. The molecule has 17 heavy (non-hydrogen) atoms. The minimum Gasteiger partial charge on any atom is -0.397 e. The monoisotopic (exact) mass is 302 g/mol. The Morgan fingerprint density at radius 3 is 3.00 bits per heavy atom. The molecule has 0 aliphatic carbocycles. The Hall–Kier alpha value is -0.810. The summed E-state index contributed by atoms with van der Waals surface area (Å²) in [5.74, 6) is 0.142. The van der Waals surface area contributed by atoms with E-state index in [9.17, 15) is 4.39 Å². The fourth-order valence-electron chi connectivity index (χ4n) is 2.00. The third kappa shape index (κ3) is 2.90. The molecule has 2 rings (SSSR count). The first-order valence-electron chi connectivity index (χ1n) is 5.68. The summed E-state index contributed by atoms with van der Waals surface area (Å²) >= 11 is 3.15. The molecule has 1 heterocycles. The summed E-state index contributed by atoms with van der Waals surface area (Å²) in [6.07, 6.45) is 1.32. The minimum absolute atomic E-state index is 0.271. The van der Waals surface area contributed by atoms with Gasteiger partial charge in [0, 0.05) is 25.1 Å². The van der Waals surface area contributed by atoms with E-state index in [1.807, 2.05) is 0 Å². The lowest BCUT2D eigenvalue weighted by Gasteiger charge is -2.17. The Bertz CT molecular complexity index is 414. The van der Waals surface area contributed by atoms with Crippen molar-refractivity contribution < 1.29 is 9.13 Å². The van der Waals surface area contributed by atoms with Crippen LogP contribution >= 0.6 is 15.9 Å². The molecule has 3 N–H and O–H groups in total. The molecule has 1 aliphatic heterocycles. The maximum atomic E-state index is 13.2. The second-order valence-corrected chi connectivity index (χ2v) is 5.21. The van der Waals surface area contributed by atoms with Crippen LogP contribution in [0.4, 0.5) is 15.8 Å². The van der Waals surface area contributed by atoms with Gasteiger partial charge in [-0.1, -0.05) is 0 Å². The molecule has 0 spiro atoms. The highest BCUT2D eigenvalue weighted by molar-refractivity contribution is 9.10. The Morgan fingerprint density at radius 1 is 1.59 bits per heavy atom. The van der Waals surface area contributed by atoms with Gasteiger partial charge >= 0.3 is 0 Å². The van der Waals surface area contributed by atoms with E-state index in [4.69, 9.17) is 10.5 Å². The molecule has 2 atom stereocenters. The second-order valence-electron chi connectivity index (χ2n) is 4.36. The van der Waals surface area contributed by atoms with Crippen molar-refractivity contribution in [1.82, 2.24) is 0 Å². The zero-order valence-corrected chi connectivity index (χ0v) is 11.3. The molecule has 5 heteroatoms. The largest absolute Gasteiger partial charge is 0.397 e. The van der Waals surface area contributed by atoms with Gasteiger partial charge in [-0.3, -0.25) is 0 Å². The van der Waals surface area contributed by atoms with E-state index >= 15 is 0 Å². The highest BCUT2D eigenvalue weighted by Crippen LogP contribution is 2.28. The molecule has 1 aromatic carbocycles. The Balaban J connectivity index is 2.01. The highest BCUT2D eigenvalue weighted by Gasteiger charge is 2.23. The molecule has 0 radical (unpaired) electrons. The van der Waals surface area contributed by atoms with Gasteiger partial charge in [0.15, 0.2) is 0 Å². The third-order valence-corrected chi connectivity index (χ3v) is 3.79. The standard InChI is InChI=1S/C12H16BrFN2O/c1-7-8(2-3-17-7)6-16-12-4-9(13)10(14)5-11(12)15/h4-5,7-8,16H,2-3,6,15H2,1H3. The highest BCUT2D eigenvalue weighted by atomic mass is 79.9. The number of benzene rings is 1. The van der Waals surface area contributed by atoms with Gasteiger partial charge in [0.25, 0.3) is 0 Å². The normalized spacial score (nSPS) is 23.9. The Kier molecular flexibility index (Phi) is 3.89. The fourth-order valence-corrected chi connectivity index (χ4v) is 2.34. The smallest absolute Gasteiger partial charge is 0.139 e. The number of nitrogens with two attached hydrogens (primary N) is 1. The molecular weight excluding hydrogens is 287 g/mol. The summed E-state index contributed by atoms with van der Waals surface area (Å²) in [5, 5.41) is 3.25. The summed E-state index contributed by atoms with van der Waals surface area (Å²) in [7, 11) is 0. The summed E-state index contributed by atoms with van der Waals surface area (Å²) in [6, 6.07) is 2.99. The van der Waals surface area contributed by atoms with Crippen LogP contribution in [0.2, 0.25) is 0 Å². The zero-order chi connectivity index (χ0) is 12.4. The number of hydrogen-bond donors (Lipinski definition) is 2. The van der Waals surface area contributed by atoms with Gasteiger partial charge in [0.1, 0.15) is 5.82 Å². The molecule has 3 nitrogen and oxygen atoms in total. The number of hydrogen-bond acceptors (Lipinski definition) is 3. The van der Waals surface area contributed by atoms with Crippen LogP contribution in [0.5, 0.6) is 0 Å². The number of anilines is 2. The third-order valence-electron chi connectivity index (χ3n) is 3.18. The summed E-state index contributed by atoms with van der Waals surface area (Å²) in [4.78, 5) is 0. The number of ether oxygens (including phenoxy) is 1. The van der Waals surface area contributed by atoms with Gasteiger partial charge in [-0.2, -0.15) is 0 Å². The first kappa shape index (κ1) is 12.6. The number of nitrogen functional groups attached to an aromatic ring is 1. The summed E-state index contributed by atoms with van der Waals surface area (Å²) < 4.78 is 19.1. The van der Waals surface area contributed by atoms with Crippen molar-refractivity contribution in [1.29, 1.82) is 0 Å². The molecule has 1 saturated heterocycles. The van der Waals surface area contributed by atoms with Crippen molar-refractivity contribution in [2.24, 2.45) is 5.92 Å². The van der Waals surface area contributed by atoms with E-state index in [0.717, 1.165) is 25.3 Å². The first-order chi connectivity index (χ1) is 8.08. The molecule has 1 fully saturated rings. The van der Waals surface area contributed by atoms with Crippen LogP contribution in [0.3, 0.4) is 0 Å². The summed E-state index contributed by atoms with van der Waals surface area (Å²) in [6.45, 7) is 3.68. The van der Waals surface area contributed by atoms with Crippen LogP contribution in [0, 0.1) is 11.7 Å². The van der Waals surface area contributed by atoms with Crippen molar-refractivity contribution in [3.8, 4) is 0 Å². The molecule has 1 aliphatic rings. The van der Waals surface area contributed by atoms with Crippen LogP contribution in [-0.2, 0) is 4.74 Å². The Morgan fingerprint density at radius 2 is 2.35 bits per heavy atom. The van der Waals surface area contributed by atoms with Crippen molar-refractivity contribution in [3.05, 3.63) is 22.4 Å². The van der Waals surface area contributed by atoms with Crippen molar-refractivity contribution >= 4 is 27.3 Å². The van der Waals surface area contributed by atoms with Gasteiger partial charge < -0.3 is 15.8 Å². The predicted octanol–water partition coefficient (Wildman–Crippen LogP) is 3.01. The zero-order valence-electron chi connectivity index (χ0n) is 9.67. The molecule has 0 aromatic heterocycles. The van der Waals surface area contributed by atoms with E-state index in [0.29, 0.717) is 16.1 Å². The van der Waals surface area contributed by atoms with Crippen LogP contribution in [-0.4, -0.2) is 19.3 Å². The van der Waals surface area contributed by atoms with Gasteiger partial charge in [-0.05, 0) is 35.3 Å². The molecular formula is C12H16BrFN2O. The predicted molar refractivity (Wildman–Crippen MR) is 70.5 cm³/mol. The second kappa shape index (κ2) is 5.23. The molecule has 94 valence electrons. The molecule has 0 bridgehead atoms. The molecule has 1 aromatic rings. The lowest BCUT2D eigenvalue weighted by atomic mass is 10.0. The fraction of sp³-hybridized carbons (Fsp3) is 0.500. The lowest BCUT2D eigenvalue weighted by molar-refractivity contribution is 0.108. The average molecular weight is 303 g/mol. The van der Waals surface area contributed by atoms with E-state index in [1.165, 1.54) is 6.07 Å². The minimum atomic E-state index is -0.342. The van der Waals surface area contributed by atoms with E-state index < -0.39 is 0 Å². The van der Waals surface area contributed by atoms with Crippen LogP contribution < -0.4 is 11.1 Å². The van der Waals surface area contributed by atoms with Crippen LogP contribution in [0.1, 0.15) is 13.3 Å². The van der Waals surface area contributed by atoms with Gasteiger partial charge in [-0.15, -0.1) is 0 Å². The maximum Gasteiger partial charge on any atom is 0.139 e. The quantitative estimate of drug-likeness (QED) is 0.844. The number of halogens is 2. The van der Waals surface area contributed by atoms with Crippen LogP contribution in [0.25, 0.3) is 0 Å². The van der Waals surface area contributed by atoms with Crippen molar-refractivity contribution in [2.75, 3.05) is 24.2 Å². The Labute approximate surface area is 109 Å². The molecule has 0 amide bonds. The van der Waals surface area contributed by atoms with E-state index in [2.05, 4.69) is 28.2 Å². The van der Waals surface area contributed by atoms with Crippen molar-refractivity contribution in [2.45, 2.75) is 19.4 Å². The first-order valence-corrected chi connectivity index (χ1v) is 6.47.